The fourth-order valence-corrected chi connectivity index (χ4v) is 4.27. The molecule has 0 bridgehead atoms. The number of carbonyl (C=O) groups is 2. The zero-order chi connectivity index (χ0) is 23.4. The number of nitrogens with one attached hydrogen (secondary N) is 2. The standard InChI is InChI=1S/C25H30N6O2/c1-16-5-2-3-7-20(16)25(33)29-14-17-8-10-19(11-9-17)22-21(24(27)32)23(26)31(30-22)15-18-6-4-12-28-13-18/h2-3,5,7-11,18,28H,4,6,12-15,26H2,1H3,(H2,27,32)(H,29,33)/t18-/m0/s1. The van der Waals surface area contributed by atoms with Gasteiger partial charge in [-0.2, -0.15) is 5.10 Å². The van der Waals surface area contributed by atoms with Gasteiger partial charge in [-0.05, 0) is 56.0 Å². The molecule has 8 nitrogen and oxygen atoms in total. The van der Waals surface area contributed by atoms with Gasteiger partial charge in [-0.1, -0.05) is 42.5 Å². The Morgan fingerprint density at radius 1 is 1.18 bits per heavy atom. The number of aromatic nitrogens is 2. The Kier molecular flexibility index (Phi) is 6.74. The Morgan fingerprint density at radius 2 is 1.94 bits per heavy atom. The van der Waals surface area contributed by atoms with E-state index in [1.54, 1.807) is 4.68 Å². The van der Waals surface area contributed by atoms with Gasteiger partial charge in [0, 0.05) is 24.2 Å². The van der Waals surface area contributed by atoms with Gasteiger partial charge >= 0.3 is 0 Å². The number of nitrogen functional groups attached to an aromatic ring is 1. The third-order valence-corrected chi connectivity index (χ3v) is 6.14. The van der Waals surface area contributed by atoms with Crippen LogP contribution in [0.25, 0.3) is 11.3 Å². The van der Waals surface area contributed by atoms with Gasteiger partial charge < -0.3 is 22.1 Å². The minimum atomic E-state index is -0.593. The highest BCUT2D eigenvalue weighted by atomic mass is 16.2. The maximum Gasteiger partial charge on any atom is 0.254 e. The molecule has 1 fully saturated rings. The first-order valence-corrected chi connectivity index (χ1v) is 11.2. The molecule has 0 aliphatic carbocycles. The number of primary amides is 1. The first-order valence-electron chi connectivity index (χ1n) is 11.2. The number of nitrogens with two attached hydrogens (primary N) is 2. The van der Waals surface area contributed by atoms with Gasteiger partial charge in [-0.25, -0.2) is 4.68 Å². The van der Waals surface area contributed by atoms with Crippen LogP contribution in [-0.4, -0.2) is 34.7 Å². The summed E-state index contributed by atoms with van der Waals surface area (Å²) in [5.41, 5.74) is 15.9. The summed E-state index contributed by atoms with van der Waals surface area (Å²) in [6.45, 7) is 4.88. The van der Waals surface area contributed by atoms with E-state index >= 15 is 0 Å². The minimum absolute atomic E-state index is 0.114. The van der Waals surface area contributed by atoms with Crippen molar-refractivity contribution in [1.82, 2.24) is 20.4 Å². The highest BCUT2D eigenvalue weighted by molar-refractivity contribution is 6.03. The van der Waals surface area contributed by atoms with Crippen LogP contribution in [0.3, 0.4) is 0 Å². The summed E-state index contributed by atoms with van der Waals surface area (Å²) in [6, 6.07) is 15.0. The third-order valence-electron chi connectivity index (χ3n) is 6.14. The van der Waals surface area contributed by atoms with Crippen LogP contribution in [0.4, 0.5) is 5.82 Å². The number of nitrogens with zero attached hydrogens (tertiary/aromatic N) is 2. The molecule has 3 aromatic rings. The third kappa shape index (κ3) is 5.06. The second-order valence-corrected chi connectivity index (χ2v) is 8.56. The number of amides is 2. The van der Waals surface area contributed by atoms with E-state index < -0.39 is 5.91 Å². The van der Waals surface area contributed by atoms with E-state index in [9.17, 15) is 9.59 Å². The molecule has 1 atom stereocenters. The molecule has 0 spiro atoms. The monoisotopic (exact) mass is 446 g/mol. The van der Waals surface area contributed by atoms with Crippen LogP contribution >= 0.6 is 0 Å². The number of piperidine rings is 1. The number of anilines is 1. The molecule has 1 saturated heterocycles. The Bertz CT molecular complexity index is 1150. The molecule has 2 aromatic carbocycles. The number of carbonyl (C=O) groups excluding carboxylic acids is 2. The molecule has 2 amide bonds. The van der Waals surface area contributed by atoms with E-state index in [0.717, 1.165) is 42.6 Å². The molecule has 1 aromatic heterocycles. The second kappa shape index (κ2) is 9.87. The average molecular weight is 447 g/mol. The summed E-state index contributed by atoms with van der Waals surface area (Å²) < 4.78 is 1.70. The molecule has 8 heteroatoms. The highest BCUT2D eigenvalue weighted by Crippen LogP contribution is 2.28. The van der Waals surface area contributed by atoms with Crippen molar-refractivity contribution >= 4 is 17.6 Å². The summed E-state index contributed by atoms with van der Waals surface area (Å²) in [6.07, 6.45) is 2.21. The van der Waals surface area contributed by atoms with Crippen molar-refractivity contribution in [3.8, 4) is 11.3 Å². The van der Waals surface area contributed by atoms with Gasteiger partial charge in [-0.3, -0.25) is 9.59 Å². The van der Waals surface area contributed by atoms with Crippen LogP contribution < -0.4 is 22.1 Å². The average Bonchev–Trinajstić information content (AvgIpc) is 3.15. The lowest BCUT2D eigenvalue weighted by Gasteiger charge is -2.22. The summed E-state index contributed by atoms with van der Waals surface area (Å²) in [5, 5.41) is 11.0. The zero-order valence-corrected chi connectivity index (χ0v) is 18.8. The van der Waals surface area contributed by atoms with Crippen molar-refractivity contribution in [2.45, 2.75) is 32.9 Å². The predicted molar refractivity (Wildman–Crippen MR) is 129 cm³/mol. The Hall–Kier alpha value is -3.65. The molecule has 0 radical (unpaired) electrons. The Morgan fingerprint density at radius 3 is 2.61 bits per heavy atom. The molecule has 1 aliphatic heterocycles. The lowest BCUT2D eigenvalue weighted by Crippen LogP contribution is -2.32. The molecule has 0 unspecified atom stereocenters. The molecule has 2 heterocycles. The number of hydrogen-bond acceptors (Lipinski definition) is 5. The van der Waals surface area contributed by atoms with Gasteiger partial charge in [-0.15, -0.1) is 0 Å². The van der Waals surface area contributed by atoms with Gasteiger partial charge in [0.2, 0.25) is 0 Å². The van der Waals surface area contributed by atoms with Crippen LogP contribution in [0.15, 0.2) is 48.5 Å². The van der Waals surface area contributed by atoms with Crippen LogP contribution in [-0.2, 0) is 13.1 Å². The summed E-state index contributed by atoms with van der Waals surface area (Å²) in [7, 11) is 0. The van der Waals surface area contributed by atoms with Crippen molar-refractivity contribution in [2.24, 2.45) is 11.7 Å². The van der Waals surface area contributed by atoms with Gasteiger partial charge in [0.25, 0.3) is 11.8 Å². The van der Waals surface area contributed by atoms with E-state index in [-0.39, 0.29) is 11.5 Å². The second-order valence-electron chi connectivity index (χ2n) is 8.56. The Labute approximate surface area is 193 Å². The maximum atomic E-state index is 12.5. The van der Waals surface area contributed by atoms with Crippen molar-refractivity contribution in [1.29, 1.82) is 0 Å². The topological polar surface area (TPSA) is 128 Å². The highest BCUT2D eigenvalue weighted by Gasteiger charge is 2.23. The molecule has 172 valence electrons. The van der Waals surface area contributed by atoms with Crippen molar-refractivity contribution in [2.75, 3.05) is 18.8 Å². The number of aryl methyl sites for hydroxylation is 1. The Balaban J connectivity index is 1.49. The van der Waals surface area contributed by atoms with Crippen LogP contribution in [0.2, 0.25) is 0 Å². The number of hydrogen-bond donors (Lipinski definition) is 4. The smallest absolute Gasteiger partial charge is 0.254 e. The molecule has 33 heavy (non-hydrogen) atoms. The van der Waals surface area contributed by atoms with Gasteiger partial charge in [0.1, 0.15) is 17.1 Å². The summed E-state index contributed by atoms with van der Waals surface area (Å²) in [5.74, 6) is 0.00779. The maximum absolute atomic E-state index is 12.5. The fourth-order valence-electron chi connectivity index (χ4n) is 4.27. The first kappa shape index (κ1) is 22.5. The molecule has 6 N–H and O–H groups in total. The quantitative estimate of drug-likeness (QED) is 0.443. The van der Waals surface area contributed by atoms with E-state index in [4.69, 9.17) is 11.5 Å². The predicted octanol–water partition coefficient (Wildman–Crippen LogP) is 2.47. The molecular weight excluding hydrogens is 416 g/mol. The zero-order valence-electron chi connectivity index (χ0n) is 18.8. The van der Waals surface area contributed by atoms with Gasteiger partial charge in [0.05, 0.1) is 0 Å². The van der Waals surface area contributed by atoms with Crippen LogP contribution in [0.1, 0.15) is 44.7 Å². The fraction of sp³-hybridized carbons (Fsp3) is 0.320. The SMILES string of the molecule is Cc1ccccc1C(=O)NCc1ccc(-c2nn(C[C@H]3CCCNC3)c(N)c2C(N)=O)cc1. The van der Waals surface area contributed by atoms with Crippen molar-refractivity contribution in [3.05, 3.63) is 70.8 Å². The molecule has 1 aliphatic rings. The van der Waals surface area contributed by atoms with E-state index in [1.807, 2.05) is 55.5 Å². The molecular formula is C25H30N6O2. The number of rotatable bonds is 7. The van der Waals surface area contributed by atoms with E-state index in [1.165, 1.54) is 0 Å². The largest absolute Gasteiger partial charge is 0.383 e. The van der Waals surface area contributed by atoms with E-state index in [0.29, 0.717) is 36.1 Å². The summed E-state index contributed by atoms with van der Waals surface area (Å²) in [4.78, 5) is 24.6. The first-order chi connectivity index (χ1) is 15.9. The lowest BCUT2D eigenvalue weighted by molar-refractivity contribution is 0.0949. The van der Waals surface area contributed by atoms with Crippen molar-refractivity contribution < 1.29 is 9.59 Å². The molecule has 0 saturated carbocycles. The molecule has 4 rings (SSSR count). The van der Waals surface area contributed by atoms with Gasteiger partial charge in [0.15, 0.2) is 0 Å². The van der Waals surface area contributed by atoms with E-state index in [2.05, 4.69) is 15.7 Å². The van der Waals surface area contributed by atoms with Crippen LogP contribution in [0.5, 0.6) is 0 Å². The summed E-state index contributed by atoms with van der Waals surface area (Å²) >= 11 is 0. The lowest BCUT2D eigenvalue weighted by atomic mass is 10.00. The normalized spacial score (nSPS) is 15.8. The minimum Gasteiger partial charge on any atom is -0.383 e. The number of benzene rings is 2. The van der Waals surface area contributed by atoms with Crippen molar-refractivity contribution in [3.63, 3.8) is 0 Å². The van der Waals surface area contributed by atoms with Crippen LogP contribution in [0, 0.1) is 12.8 Å².